The molecule has 132 valence electrons. The number of nitrogens with one attached hydrogen (secondary N) is 1. The van der Waals surface area contributed by atoms with Gasteiger partial charge in [0.25, 0.3) is 5.91 Å². The molecular formula is C17H20F3NO3. The lowest BCUT2D eigenvalue weighted by molar-refractivity contribution is -0.138. The lowest BCUT2D eigenvalue weighted by Gasteiger charge is -2.29. The number of esters is 1. The van der Waals surface area contributed by atoms with Crippen LogP contribution >= 0.6 is 0 Å². The third-order valence-electron chi connectivity index (χ3n) is 4.24. The fraction of sp³-hybridized carbons (Fsp3) is 0.529. The normalized spacial score (nSPS) is 21.2. The number of hydrogen-bond donors (Lipinski definition) is 1. The van der Waals surface area contributed by atoms with Crippen LogP contribution in [-0.2, 0) is 15.7 Å². The first-order valence-corrected chi connectivity index (χ1v) is 7.91. The van der Waals surface area contributed by atoms with Crippen molar-refractivity contribution < 1.29 is 27.5 Å². The van der Waals surface area contributed by atoms with Gasteiger partial charge in [-0.2, -0.15) is 13.2 Å². The molecule has 0 unspecified atom stereocenters. The number of alkyl halides is 3. The Morgan fingerprint density at radius 1 is 1.21 bits per heavy atom. The molecule has 4 nitrogen and oxygen atoms in total. The minimum atomic E-state index is -4.66. The van der Waals surface area contributed by atoms with E-state index < -0.39 is 35.8 Å². The van der Waals surface area contributed by atoms with Gasteiger partial charge in [0.1, 0.15) is 0 Å². The van der Waals surface area contributed by atoms with Crippen LogP contribution in [0, 0.1) is 5.92 Å². The van der Waals surface area contributed by atoms with Crippen molar-refractivity contribution in [3.8, 4) is 0 Å². The molecule has 7 heteroatoms. The van der Waals surface area contributed by atoms with Crippen LogP contribution in [0.5, 0.6) is 0 Å². The van der Waals surface area contributed by atoms with Gasteiger partial charge in [-0.25, -0.2) is 4.79 Å². The molecule has 0 aromatic heterocycles. The van der Waals surface area contributed by atoms with E-state index in [0.29, 0.717) is 5.92 Å². The van der Waals surface area contributed by atoms with Crippen molar-refractivity contribution in [2.24, 2.45) is 5.92 Å². The summed E-state index contributed by atoms with van der Waals surface area (Å²) in [5.41, 5.74) is -1.67. The predicted molar refractivity (Wildman–Crippen MR) is 81.3 cm³/mol. The number of carbonyl (C=O) groups is 2. The van der Waals surface area contributed by atoms with E-state index in [1.807, 2.05) is 6.92 Å². The summed E-state index contributed by atoms with van der Waals surface area (Å²) >= 11 is 0. The van der Waals surface area contributed by atoms with Crippen LogP contribution in [0.2, 0.25) is 0 Å². The summed E-state index contributed by atoms with van der Waals surface area (Å²) in [4.78, 5) is 23.7. The zero-order valence-electron chi connectivity index (χ0n) is 13.4. The molecule has 0 aliphatic heterocycles. The minimum Gasteiger partial charge on any atom is -0.452 e. The van der Waals surface area contributed by atoms with E-state index >= 15 is 0 Å². The summed E-state index contributed by atoms with van der Waals surface area (Å²) in [5, 5.41) is 2.78. The second-order valence-corrected chi connectivity index (χ2v) is 6.06. The Labute approximate surface area is 138 Å². The van der Waals surface area contributed by atoms with Gasteiger partial charge >= 0.3 is 12.1 Å². The zero-order valence-corrected chi connectivity index (χ0v) is 13.4. The van der Waals surface area contributed by atoms with E-state index in [1.54, 1.807) is 0 Å². The molecule has 1 aromatic rings. The van der Waals surface area contributed by atoms with E-state index in [-0.39, 0.29) is 6.04 Å². The Balaban J connectivity index is 1.92. The van der Waals surface area contributed by atoms with Gasteiger partial charge < -0.3 is 10.1 Å². The molecular weight excluding hydrogens is 323 g/mol. The van der Waals surface area contributed by atoms with E-state index in [0.717, 1.165) is 37.8 Å². The monoisotopic (exact) mass is 343 g/mol. The number of hydrogen-bond acceptors (Lipinski definition) is 3. The second kappa shape index (κ2) is 7.68. The third-order valence-corrected chi connectivity index (χ3v) is 4.24. The Morgan fingerprint density at radius 3 is 2.54 bits per heavy atom. The Bertz CT molecular complexity index is 601. The lowest BCUT2D eigenvalue weighted by atomic mass is 9.86. The lowest BCUT2D eigenvalue weighted by Crippen LogP contribution is -2.42. The van der Waals surface area contributed by atoms with Gasteiger partial charge in [0, 0.05) is 6.04 Å². The van der Waals surface area contributed by atoms with Crippen molar-refractivity contribution in [2.75, 3.05) is 6.61 Å². The molecule has 0 saturated heterocycles. The topological polar surface area (TPSA) is 55.4 Å². The average molecular weight is 343 g/mol. The van der Waals surface area contributed by atoms with Gasteiger partial charge in [0.15, 0.2) is 6.61 Å². The number of ether oxygens (including phenoxy) is 1. The van der Waals surface area contributed by atoms with Crippen molar-refractivity contribution in [1.29, 1.82) is 0 Å². The first-order chi connectivity index (χ1) is 11.3. The van der Waals surface area contributed by atoms with Gasteiger partial charge in [-0.3, -0.25) is 4.79 Å². The number of amides is 1. The highest BCUT2D eigenvalue weighted by molar-refractivity contribution is 5.93. The molecule has 1 amide bonds. The third kappa shape index (κ3) is 4.72. The number of benzene rings is 1. The fourth-order valence-electron chi connectivity index (χ4n) is 2.90. The van der Waals surface area contributed by atoms with Crippen molar-refractivity contribution in [2.45, 2.75) is 44.8 Å². The van der Waals surface area contributed by atoms with Crippen molar-refractivity contribution in [3.05, 3.63) is 35.4 Å². The highest BCUT2D eigenvalue weighted by Crippen LogP contribution is 2.32. The summed E-state index contributed by atoms with van der Waals surface area (Å²) in [6.07, 6.45) is -0.637. The SMILES string of the molecule is C[C@H]1CCCC[C@H]1NC(=O)COC(=O)c1ccccc1C(F)(F)F. The van der Waals surface area contributed by atoms with E-state index in [9.17, 15) is 22.8 Å². The number of rotatable bonds is 4. The maximum Gasteiger partial charge on any atom is 0.417 e. The van der Waals surface area contributed by atoms with E-state index in [1.165, 1.54) is 12.1 Å². The molecule has 24 heavy (non-hydrogen) atoms. The largest absolute Gasteiger partial charge is 0.452 e. The second-order valence-electron chi connectivity index (χ2n) is 6.06. The van der Waals surface area contributed by atoms with Crippen molar-refractivity contribution >= 4 is 11.9 Å². The van der Waals surface area contributed by atoms with Gasteiger partial charge in [0.2, 0.25) is 0 Å². The standard InChI is InChI=1S/C17H20F3NO3/c1-11-6-2-5-9-14(11)21-15(22)10-24-16(23)12-7-3-4-8-13(12)17(18,19)20/h3-4,7-8,11,14H,2,5-6,9-10H2,1H3,(H,21,22)/t11-,14+/m0/s1. The summed E-state index contributed by atoms with van der Waals surface area (Å²) in [5.74, 6) is -1.31. The molecule has 1 saturated carbocycles. The summed E-state index contributed by atoms with van der Waals surface area (Å²) < 4.78 is 43.4. The summed E-state index contributed by atoms with van der Waals surface area (Å²) in [6.45, 7) is 1.45. The average Bonchev–Trinajstić information content (AvgIpc) is 2.54. The van der Waals surface area contributed by atoms with Crippen LogP contribution in [0.1, 0.15) is 48.5 Å². The quantitative estimate of drug-likeness (QED) is 0.851. The zero-order chi connectivity index (χ0) is 17.7. The highest BCUT2D eigenvalue weighted by atomic mass is 19.4. The molecule has 1 fully saturated rings. The molecule has 0 spiro atoms. The van der Waals surface area contributed by atoms with Gasteiger partial charge in [-0.15, -0.1) is 0 Å². The van der Waals surface area contributed by atoms with Crippen LogP contribution in [0.15, 0.2) is 24.3 Å². The predicted octanol–water partition coefficient (Wildman–Crippen LogP) is 3.56. The molecule has 1 N–H and O–H groups in total. The maximum atomic E-state index is 12.9. The summed E-state index contributed by atoms with van der Waals surface area (Å²) in [7, 11) is 0. The summed E-state index contributed by atoms with van der Waals surface area (Å²) in [6, 6.07) is 4.37. The molecule has 1 aliphatic rings. The Morgan fingerprint density at radius 2 is 1.88 bits per heavy atom. The molecule has 2 atom stereocenters. The van der Waals surface area contributed by atoms with Gasteiger partial charge in [-0.1, -0.05) is 31.9 Å². The van der Waals surface area contributed by atoms with Crippen LogP contribution in [0.4, 0.5) is 13.2 Å². The first kappa shape index (κ1) is 18.3. The molecule has 1 aliphatic carbocycles. The van der Waals surface area contributed by atoms with Gasteiger partial charge in [0.05, 0.1) is 11.1 Å². The van der Waals surface area contributed by atoms with E-state index in [2.05, 4.69) is 5.32 Å². The number of carbonyl (C=O) groups excluding carboxylic acids is 2. The minimum absolute atomic E-state index is 0.0208. The van der Waals surface area contributed by atoms with Gasteiger partial charge in [-0.05, 0) is 30.9 Å². The van der Waals surface area contributed by atoms with Crippen LogP contribution in [0.25, 0.3) is 0 Å². The molecule has 0 heterocycles. The van der Waals surface area contributed by atoms with Crippen molar-refractivity contribution in [3.63, 3.8) is 0 Å². The van der Waals surface area contributed by atoms with Crippen molar-refractivity contribution in [1.82, 2.24) is 5.32 Å². The molecule has 2 rings (SSSR count). The molecule has 1 aromatic carbocycles. The maximum absolute atomic E-state index is 12.9. The van der Waals surface area contributed by atoms with E-state index in [4.69, 9.17) is 4.74 Å². The number of halogens is 3. The highest BCUT2D eigenvalue weighted by Gasteiger charge is 2.35. The first-order valence-electron chi connectivity index (χ1n) is 7.91. The fourth-order valence-corrected chi connectivity index (χ4v) is 2.90. The van der Waals surface area contributed by atoms with Crippen LogP contribution in [0.3, 0.4) is 0 Å². The molecule has 0 radical (unpaired) electrons. The van der Waals surface area contributed by atoms with Crippen LogP contribution < -0.4 is 5.32 Å². The Kier molecular flexibility index (Phi) is 5.85. The molecule has 0 bridgehead atoms. The Hall–Kier alpha value is -2.05. The smallest absolute Gasteiger partial charge is 0.417 e. The van der Waals surface area contributed by atoms with Crippen LogP contribution in [-0.4, -0.2) is 24.5 Å².